The number of anilines is 1. The van der Waals surface area contributed by atoms with Crippen LogP contribution in [-0.2, 0) is 31.3 Å². The van der Waals surface area contributed by atoms with Crippen LogP contribution in [0.4, 0.5) is 5.13 Å². The van der Waals surface area contributed by atoms with Gasteiger partial charge < -0.3 is 25.9 Å². The quantitative estimate of drug-likeness (QED) is 0.0746. The second-order valence-electron chi connectivity index (χ2n) is 10.7. The molecule has 0 spiro atoms. The van der Waals surface area contributed by atoms with Crippen LogP contribution < -0.4 is 16.5 Å². The van der Waals surface area contributed by atoms with E-state index >= 15 is 0 Å². The summed E-state index contributed by atoms with van der Waals surface area (Å²) in [5.74, 6) is -2.36. The number of hydrazone groups is 1. The molecule has 18 heteroatoms. The van der Waals surface area contributed by atoms with Gasteiger partial charge in [-0.1, -0.05) is 49.7 Å². The molecule has 0 bridgehead atoms. The molecule has 1 aliphatic heterocycles. The van der Waals surface area contributed by atoms with E-state index in [1.807, 2.05) is 6.92 Å². The molecule has 2 aromatic carbocycles. The van der Waals surface area contributed by atoms with Gasteiger partial charge in [-0.25, -0.2) is 14.7 Å². The number of hydrogen-bond donors (Lipinski definition) is 5. The zero-order valence-electron chi connectivity index (χ0n) is 27.7. The van der Waals surface area contributed by atoms with Crippen LogP contribution >= 0.6 is 11.3 Å². The van der Waals surface area contributed by atoms with Crippen molar-refractivity contribution < 1.29 is 37.3 Å². The van der Waals surface area contributed by atoms with Gasteiger partial charge in [0.1, 0.15) is 24.1 Å². The van der Waals surface area contributed by atoms with Gasteiger partial charge in [-0.15, -0.1) is 11.3 Å². The third-order valence-electron chi connectivity index (χ3n) is 7.35. The first kappa shape index (κ1) is 38.5. The predicted octanol–water partition coefficient (Wildman–Crippen LogP) is 2.29. The molecule has 2 heterocycles. The molecule has 49 heavy (non-hydrogen) atoms. The summed E-state index contributed by atoms with van der Waals surface area (Å²) in [6, 6.07) is 8.97. The van der Waals surface area contributed by atoms with Crippen molar-refractivity contribution >= 4 is 56.4 Å². The number of benzene rings is 2. The minimum atomic E-state index is -4.77. The minimum absolute atomic E-state index is 0.0272. The summed E-state index contributed by atoms with van der Waals surface area (Å²) in [6.07, 6.45) is 1.33. The molecule has 0 saturated carbocycles. The number of carbonyl (C=O) groups excluding carboxylic acids is 3. The van der Waals surface area contributed by atoms with Gasteiger partial charge in [-0.3, -0.25) is 18.9 Å². The van der Waals surface area contributed by atoms with Gasteiger partial charge in [-0.05, 0) is 63.3 Å². The second kappa shape index (κ2) is 17.5. The number of nitrogens with one attached hydrogen (secondary N) is 2. The maximum Gasteiger partial charge on any atom is 0.362 e. The van der Waals surface area contributed by atoms with Gasteiger partial charge in [0.2, 0.25) is 0 Å². The van der Waals surface area contributed by atoms with E-state index in [-0.39, 0.29) is 33.2 Å². The normalized spacial score (nSPS) is 16.2. The molecule has 1 fully saturated rings. The van der Waals surface area contributed by atoms with Crippen molar-refractivity contribution in [3.8, 4) is 5.75 Å². The lowest BCUT2D eigenvalue weighted by Crippen LogP contribution is -2.71. The Balaban J connectivity index is 0.000000838. The van der Waals surface area contributed by atoms with Crippen LogP contribution in [0.2, 0.25) is 0 Å². The topological polar surface area (TPSA) is 229 Å². The summed E-state index contributed by atoms with van der Waals surface area (Å²) >= 11 is 1.04. The summed E-state index contributed by atoms with van der Waals surface area (Å²) in [6.45, 7) is 13.2. The smallest absolute Gasteiger partial charge is 0.362 e. The van der Waals surface area contributed by atoms with Gasteiger partial charge in [0.05, 0.1) is 12.3 Å². The molecule has 1 saturated heterocycles. The molecule has 0 aliphatic carbocycles. The third kappa shape index (κ3) is 10.5. The Bertz CT molecular complexity index is 1790. The predicted molar refractivity (Wildman–Crippen MR) is 185 cm³/mol. The van der Waals surface area contributed by atoms with E-state index < -0.39 is 40.1 Å². The van der Waals surface area contributed by atoms with Gasteiger partial charge in [0.25, 0.3) is 17.7 Å². The number of rotatable bonds is 13. The average molecular weight is 717 g/mol. The fraction of sp³-hybridized carbons (Fsp3) is 0.355. The van der Waals surface area contributed by atoms with Gasteiger partial charge in [0.15, 0.2) is 10.8 Å². The minimum Gasteiger partial charge on any atom is -0.507 e. The van der Waals surface area contributed by atoms with Crippen LogP contribution in [-0.4, -0.2) is 93.6 Å². The molecule has 3 amide bonds. The molecule has 1 aliphatic rings. The SMILES string of the molecule is CCN(CC)CC.Cc1ccc(O)c(/C=N/NC(=O)c2ccc(CO/N=C(\C(=O)N[C@@H]3C(=O)N(S(=O)(=O)O)[C@H]3C)c3csc(N)n3)cc2)c1. The number of amides is 3. The van der Waals surface area contributed by atoms with E-state index in [9.17, 15) is 27.9 Å². The summed E-state index contributed by atoms with van der Waals surface area (Å²) in [5, 5.41) is 21.5. The lowest BCUT2D eigenvalue weighted by Gasteiger charge is -2.42. The maximum atomic E-state index is 12.9. The number of aromatic hydroxyl groups is 1. The van der Waals surface area contributed by atoms with Crippen molar-refractivity contribution in [2.75, 3.05) is 25.4 Å². The zero-order valence-corrected chi connectivity index (χ0v) is 29.3. The Kier molecular flexibility index (Phi) is 13.7. The molecule has 2 atom stereocenters. The van der Waals surface area contributed by atoms with E-state index in [1.165, 1.54) is 56.4 Å². The number of β-lactam (4-membered cyclic amide) rings is 1. The second-order valence-corrected chi connectivity index (χ2v) is 12.8. The average Bonchev–Trinajstić information content (AvgIpc) is 3.49. The van der Waals surface area contributed by atoms with Gasteiger partial charge >= 0.3 is 10.3 Å². The number of aryl methyl sites for hydroxylation is 1. The Hall–Kier alpha value is -4.91. The molecule has 1 aromatic heterocycles. The number of thiazole rings is 1. The van der Waals surface area contributed by atoms with Gasteiger partial charge in [0, 0.05) is 16.5 Å². The highest BCUT2D eigenvalue weighted by molar-refractivity contribution is 7.84. The standard InChI is InChI=1S/C25H25N7O8S2.C6H15N/c1-13-3-8-19(33)17(9-13)10-27-30-22(34)16-6-4-15(5-7-16)11-40-31-21(18-12-41-25(26)28-18)23(35)29-20-14(2)32(24(20)36)42(37,38)39;1-4-7(5-2)6-3/h3-10,12,14,20,33H,11H2,1-2H3,(H2,26,28)(H,29,35)(H,30,34)(H,37,38,39);4-6H2,1-3H3/b27-10+,31-21-;/t14-,20-;/m0./s1. The van der Waals surface area contributed by atoms with Crippen molar-refractivity contribution in [3.05, 3.63) is 75.8 Å². The highest BCUT2D eigenvalue weighted by Gasteiger charge is 2.51. The van der Waals surface area contributed by atoms with E-state index in [0.717, 1.165) is 16.9 Å². The number of aromatic nitrogens is 1. The number of phenols is 1. The Morgan fingerprint density at radius 3 is 2.33 bits per heavy atom. The number of hydrogen-bond acceptors (Lipinski definition) is 13. The lowest BCUT2D eigenvalue weighted by atomic mass is 10.0. The Labute approximate surface area is 288 Å². The van der Waals surface area contributed by atoms with Crippen LogP contribution in [0.15, 0.2) is 58.1 Å². The van der Waals surface area contributed by atoms with E-state index in [4.69, 9.17) is 15.1 Å². The summed E-state index contributed by atoms with van der Waals surface area (Å²) in [5.41, 5.74) is 10.0. The van der Waals surface area contributed by atoms with Crippen LogP contribution in [0.25, 0.3) is 0 Å². The molecule has 16 nitrogen and oxygen atoms in total. The molecular weight excluding hydrogens is 677 g/mol. The number of nitrogens with zero attached hydrogens (tertiary/aromatic N) is 5. The van der Waals surface area contributed by atoms with Gasteiger partial charge in [-0.2, -0.15) is 13.5 Å². The third-order valence-corrected chi connectivity index (χ3v) is 9.03. The molecule has 264 valence electrons. The highest BCUT2D eigenvalue weighted by Crippen LogP contribution is 2.23. The fourth-order valence-corrected chi connectivity index (χ4v) is 5.94. The number of carbonyl (C=O) groups is 3. The van der Waals surface area contributed by atoms with E-state index in [1.54, 1.807) is 24.3 Å². The molecule has 0 unspecified atom stereocenters. The van der Waals surface area contributed by atoms with Crippen molar-refractivity contribution in [2.24, 2.45) is 10.3 Å². The summed E-state index contributed by atoms with van der Waals surface area (Å²) in [4.78, 5) is 49.2. The number of phenolic OH excluding ortho intramolecular Hbond substituents is 1. The summed E-state index contributed by atoms with van der Waals surface area (Å²) in [7, 11) is -4.77. The number of oxime groups is 1. The Morgan fingerprint density at radius 1 is 1.14 bits per heavy atom. The van der Waals surface area contributed by atoms with Crippen molar-refractivity contribution in [2.45, 2.75) is 53.3 Å². The van der Waals surface area contributed by atoms with Crippen molar-refractivity contribution in [3.63, 3.8) is 0 Å². The molecule has 3 aromatic rings. The summed E-state index contributed by atoms with van der Waals surface area (Å²) < 4.78 is 32.0. The molecular formula is C31H40N8O8S2. The zero-order chi connectivity index (χ0) is 36.3. The van der Waals surface area contributed by atoms with Crippen LogP contribution in [0.5, 0.6) is 5.75 Å². The van der Waals surface area contributed by atoms with E-state index in [0.29, 0.717) is 16.7 Å². The van der Waals surface area contributed by atoms with Crippen LogP contribution in [0, 0.1) is 6.92 Å². The first-order chi connectivity index (χ1) is 23.2. The van der Waals surface area contributed by atoms with Crippen LogP contribution in [0.1, 0.15) is 60.4 Å². The molecule has 4 rings (SSSR count). The number of nitrogen functional groups attached to an aromatic ring is 1. The largest absolute Gasteiger partial charge is 0.507 e. The maximum absolute atomic E-state index is 12.9. The van der Waals surface area contributed by atoms with Crippen molar-refractivity contribution in [1.29, 1.82) is 0 Å². The first-order valence-electron chi connectivity index (χ1n) is 15.2. The molecule has 0 radical (unpaired) electrons. The highest BCUT2D eigenvalue weighted by atomic mass is 32.2. The lowest BCUT2D eigenvalue weighted by molar-refractivity contribution is -0.143. The first-order valence-corrected chi connectivity index (χ1v) is 17.4. The fourth-order valence-electron chi connectivity index (χ4n) is 4.51. The van der Waals surface area contributed by atoms with Crippen LogP contribution in [0.3, 0.4) is 0 Å². The molecule has 6 N–H and O–H groups in total. The number of nitrogens with two attached hydrogens (primary N) is 1. The van der Waals surface area contributed by atoms with Crippen molar-refractivity contribution in [1.82, 2.24) is 24.9 Å². The monoisotopic (exact) mass is 716 g/mol. The Morgan fingerprint density at radius 2 is 1.80 bits per heavy atom. The van der Waals surface area contributed by atoms with E-state index in [2.05, 4.69) is 51.7 Å².